The Labute approximate surface area is 593 Å². The Morgan fingerprint density at radius 1 is 0.267 bits per heavy atom. The van der Waals surface area contributed by atoms with Crippen molar-refractivity contribution in [2.24, 2.45) is 0 Å². The van der Waals surface area contributed by atoms with Crippen LogP contribution in [0.25, 0.3) is 0 Å². The first-order chi connectivity index (χ1) is 47.8. The second-order valence-corrected chi connectivity index (χ2v) is 26.5. The van der Waals surface area contributed by atoms with Crippen molar-refractivity contribution in [1.29, 1.82) is 0 Å². The van der Waals surface area contributed by atoms with Crippen molar-refractivity contribution in [1.82, 2.24) is 0 Å². The van der Waals surface area contributed by atoms with Gasteiger partial charge in [0.2, 0.25) is 0 Å². The first kappa shape index (κ1) is 75.4. The van der Waals surface area contributed by atoms with Gasteiger partial charge in [0.1, 0.15) is 51.7 Å². The van der Waals surface area contributed by atoms with Crippen molar-refractivity contribution in [3.8, 4) is 51.7 Å². The Morgan fingerprint density at radius 2 is 0.525 bits per heavy atom. The van der Waals surface area contributed by atoms with Crippen molar-refractivity contribution in [3.05, 3.63) is 301 Å². The quantitative estimate of drug-likeness (QED) is 0.0400. The fraction of sp³-hybridized carbons (Fsp3) is 0.241. The maximum absolute atomic E-state index is 12.8. The number of ketones is 2. The molecule has 10 aromatic rings. The van der Waals surface area contributed by atoms with E-state index in [1.54, 1.807) is 118 Å². The lowest BCUT2D eigenvalue weighted by Crippen LogP contribution is -2.19. The molecule has 101 heavy (non-hydrogen) atoms. The Bertz CT molecular complexity index is 4690. The maximum atomic E-state index is 12.8. The molecule has 14 nitrogen and oxygen atoms in total. The minimum atomic E-state index is -0.482. The molecule has 14 heteroatoms. The van der Waals surface area contributed by atoms with E-state index in [1.165, 1.54) is 37.5 Å². The van der Waals surface area contributed by atoms with Gasteiger partial charge in [-0.25, -0.2) is 14.4 Å². The largest absolute Gasteiger partial charge is 0.496 e. The molecule has 10 aromatic carbocycles. The van der Waals surface area contributed by atoms with Gasteiger partial charge in [0.25, 0.3) is 0 Å². The summed E-state index contributed by atoms with van der Waals surface area (Å²) < 4.78 is 44.0. The summed E-state index contributed by atoms with van der Waals surface area (Å²) in [5, 5.41) is 0. The average molecular weight is 1360 g/mol. The second-order valence-electron chi connectivity index (χ2n) is 26.5. The molecule has 0 aliphatic carbocycles. The maximum Gasteiger partial charge on any atom is 0.343 e. The van der Waals surface area contributed by atoms with E-state index in [9.17, 15) is 28.8 Å². The third-order valence-corrected chi connectivity index (χ3v) is 18.1. The summed E-state index contributed by atoms with van der Waals surface area (Å²) in [4.78, 5) is 72.0. The van der Waals surface area contributed by atoms with E-state index < -0.39 is 17.9 Å². The highest BCUT2D eigenvalue weighted by atomic mass is 16.5. The topological polar surface area (TPSA) is 176 Å². The molecule has 0 bridgehead atoms. The predicted octanol–water partition coefficient (Wildman–Crippen LogP) is 19.7. The van der Waals surface area contributed by atoms with Crippen LogP contribution in [0.2, 0.25) is 0 Å². The number of hydrogen-bond acceptors (Lipinski definition) is 14. The predicted molar refractivity (Wildman–Crippen MR) is 395 cm³/mol. The van der Waals surface area contributed by atoms with Gasteiger partial charge in [-0.1, -0.05) is 139 Å². The molecule has 0 aliphatic heterocycles. The van der Waals surface area contributed by atoms with Crippen LogP contribution in [0.5, 0.6) is 51.7 Å². The van der Waals surface area contributed by atoms with E-state index in [0.29, 0.717) is 62.3 Å². The molecule has 0 spiro atoms. The standard InChI is InChI=1S/C33H32O6.2C27H28O4/c1-21-19-25(9-17-30(21)36-6)33(4,5)26-10-18-31(22(2)20-26)39-32(35)24-7-11-28(12-8-24)38-29-15-13-27(14-16-29)37-23(3)34;1-17-15-22(11-13-24(17)30-6)27(4,5)23-12-14-25(18(2)16-23)31-26(29)21-9-7-20(8-10-21)19(3)28;1-17-14-22(10-12-24(17)30-6)27(4,5)23-11-13-25(18(2)15-23)31-26(29)21-9-7-8-20(16-21)19(3)28/h7-20H,1-6H3;2*7-16H,1-6H3. The highest BCUT2D eigenvalue weighted by Crippen LogP contribution is 2.40. The SMILES string of the molecule is COc1ccc(C(C)(C)c2ccc(OC(=O)c3ccc(C(C)=O)cc3)c(C)c2)cc1C.COc1ccc(C(C)(C)c2ccc(OC(=O)c3ccc(Oc4ccc(OC(C)=O)cc4)cc3)c(C)c2)cc1C.COc1ccc(C(C)(C)c2ccc(OC(=O)c3cccc(C(C)=O)c3)c(C)c2)cc1C. The normalized spacial score (nSPS) is 11.1. The molecule has 0 unspecified atom stereocenters. The van der Waals surface area contributed by atoms with Crippen molar-refractivity contribution in [2.45, 2.75) is 120 Å². The zero-order chi connectivity index (χ0) is 73.7. The van der Waals surface area contributed by atoms with Gasteiger partial charge >= 0.3 is 23.9 Å². The molecule has 520 valence electrons. The zero-order valence-corrected chi connectivity index (χ0v) is 60.8. The number of carbonyl (C=O) groups is 6. The minimum absolute atomic E-state index is 0.0407. The zero-order valence-electron chi connectivity index (χ0n) is 60.8. The number of carbonyl (C=O) groups excluding carboxylic acids is 6. The van der Waals surface area contributed by atoms with E-state index in [-0.39, 0.29) is 33.8 Å². The molecule has 0 aromatic heterocycles. The monoisotopic (exact) mass is 1360 g/mol. The Hall–Kier alpha value is -11.4. The first-order valence-corrected chi connectivity index (χ1v) is 33.1. The summed E-state index contributed by atoms with van der Waals surface area (Å²) in [5.41, 5.74) is 14.3. The number of ether oxygens (including phenoxy) is 8. The molecule has 0 aliphatic rings. The number of benzene rings is 10. The third kappa shape index (κ3) is 18.7. The summed E-state index contributed by atoms with van der Waals surface area (Å²) in [6.45, 7) is 29.2. The van der Waals surface area contributed by atoms with Gasteiger partial charge in [0.15, 0.2) is 11.6 Å². The Kier molecular flexibility index (Phi) is 24.3. The Morgan fingerprint density at radius 3 is 0.812 bits per heavy atom. The molecule has 0 saturated heterocycles. The lowest BCUT2D eigenvalue weighted by atomic mass is 9.77. The molecule has 0 heterocycles. The van der Waals surface area contributed by atoms with E-state index in [1.807, 2.05) is 102 Å². The van der Waals surface area contributed by atoms with Crippen molar-refractivity contribution in [2.75, 3.05) is 21.3 Å². The first-order valence-electron chi connectivity index (χ1n) is 33.1. The fourth-order valence-electron chi connectivity index (χ4n) is 11.5. The molecule has 10 rings (SSSR count). The van der Waals surface area contributed by atoms with Gasteiger partial charge in [0.05, 0.1) is 38.0 Å². The van der Waals surface area contributed by atoms with E-state index in [2.05, 4.69) is 90.1 Å². The lowest BCUT2D eigenvalue weighted by Gasteiger charge is -2.27. The van der Waals surface area contributed by atoms with E-state index in [4.69, 9.17) is 37.9 Å². The molecule has 0 fully saturated rings. The van der Waals surface area contributed by atoms with Crippen molar-refractivity contribution < 1.29 is 66.7 Å². The Balaban J connectivity index is 0.000000194. The highest BCUT2D eigenvalue weighted by molar-refractivity contribution is 5.99. The van der Waals surface area contributed by atoms with E-state index in [0.717, 1.165) is 67.3 Å². The van der Waals surface area contributed by atoms with Gasteiger partial charge in [-0.05, 0) is 231 Å². The summed E-state index contributed by atoms with van der Waals surface area (Å²) in [5.74, 6) is 3.81. The van der Waals surface area contributed by atoms with Crippen LogP contribution in [0, 0.1) is 41.5 Å². The van der Waals surface area contributed by atoms with Crippen LogP contribution in [0.15, 0.2) is 206 Å². The smallest absolute Gasteiger partial charge is 0.343 e. The van der Waals surface area contributed by atoms with Crippen molar-refractivity contribution >= 4 is 35.4 Å². The molecule has 0 radical (unpaired) electrons. The molecular formula is C87H88O14. The lowest BCUT2D eigenvalue weighted by molar-refractivity contribution is -0.131. The fourth-order valence-corrected chi connectivity index (χ4v) is 11.5. The molecule has 0 amide bonds. The molecule has 0 N–H and O–H groups in total. The number of esters is 4. The van der Waals surface area contributed by atoms with Crippen LogP contribution in [0.3, 0.4) is 0 Å². The number of Topliss-reactive ketones (excluding diaryl/α,β-unsaturated/α-hetero) is 2. The van der Waals surface area contributed by atoms with Gasteiger partial charge in [-0.2, -0.15) is 0 Å². The molecular weight excluding hydrogens is 1270 g/mol. The van der Waals surface area contributed by atoms with Crippen LogP contribution in [-0.2, 0) is 21.0 Å². The van der Waals surface area contributed by atoms with Crippen LogP contribution in [0.1, 0.15) is 181 Å². The van der Waals surface area contributed by atoms with Crippen molar-refractivity contribution in [3.63, 3.8) is 0 Å². The van der Waals surface area contributed by atoms with Crippen LogP contribution in [0.4, 0.5) is 0 Å². The van der Waals surface area contributed by atoms with E-state index >= 15 is 0 Å². The van der Waals surface area contributed by atoms with Crippen LogP contribution < -0.4 is 37.9 Å². The number of rotatable bonds is 20. The van der Waals surface area contributed by atoms with Gasteiger partial charge < -0.3 is 37.9 Å². The van der Waals surface area contributed by atoms with Crippen LogP contribution in [-0.4, -0.2) is 56.8 Å². The number of aryl methyl sites for hydroxylation is 6. The summed E-state index contributed by atoms with van der Waals surface area (Å²) >= 11 is 0. The summed E-state index contributed by atoms with van der Waals surface area (Å²) in [6, 6.07) is 62.8. The minimum Gasteiger partial charge on any atom is -0.496 e. The third-order valence-electron chi connectivity index (χ3n) is 18.1. The number of hydrogen-bond donors (Lipinski definition) is 0. The highest BCUT2D eigenvalue weighted by Gasteiger charge is 2.29. The summed E-state index contributed by atoms with van der Waals surface area (Å²) in [7, 11) is 5.02. The van der Waals surface area contributed by atoms with Gasteiger partial charge in [-0.15, -0.1) is 0 Å². The average Bonchev–Trinajstić information content (AvgIpc) is 0.798. The second kappa shape index (κ2) is 32.5. The molecule has 0 saturated carbocycles. The number of methoxy groups -OCH3 is 3. The molecule has 0 atom stereocenters. The summed E-state index contributed by atoms with van der Waals surface area (Å²) in [6.07, 6.45) is 0. The van der Waals surface area contributed by atoms with Crippen LogP contribution >= 0.6 is 0 Å². The van der Waals surface area contributed by atoms with Gasteiger partial charge in [0, 0.05) is 34.3 Å². The van der Waals surface area contributed by atoms with Gasteiger partial charge in [-0.3, -0.25) is 14.4 Å².